The van der Waals surface area contributed by atoms with Crippen LogP contribution in [-0.4, -0.2) is 54.8 Å². The highest BCUT2D eigenvalue weighted by Gasteiger charge is 2.25. The van der Waals surface area contributed by atoms with Gasteiger partial charge in [0.15, 0.2) is 17.2 Å². The molecule has 8 nitrogen and oxygen atoms in total. The van der Waals surface area contributed by atoms with Gasteiger partial charge in [0.05, 0.1) is 26.5 Å². The summed E-state index contributed by atoms with van der Waals surface area (Å²) in [5.74, 6) is 1.14. The van der Waals surface area contributed by atoms with E-state index in [2.05, 4.69) is 34.8 Å². The van der Waals surface area contributed by atoms with Crippen molar-refractivity contribution in [3.05, 3.63) is 35.7 Å². The van der Waals surface area contributed by atoms with Crippen molar-refractivity contribution in [2.75, 3.05) is 33.9 Å². The maximum atomic E-state index is 12.6. The van der Waals surface area contributed by atoms with Gasteiger partial charge in [0.2, 0.25) is 0 Å². The summed E-state index contributed by atoms with van der Waals surface area (Å²) in [4.78, 5) is 12.6. The monoisotopic (exact) mass is 387 g/mol. The molecule has 152 valence electrons. The van der Waals surface area contributed by atoms with E-state index >= 15 is 0 Å². The van der Waals surface area contributed by atoms with Crippen LogP contribution in [0.4, 0.5) is 0 Å². The fourth-order valence-corrected chi connectivity index (χ4v) is 3.38. The fourth-order valence-electron chi connectivity index (χ4n) is 3.38. The minimum atomic E-state index is -0.291. The van der Waals surface area contributed by atoms with Crippen LogP contribution >= 0.6 is 0 Å². The molecule has 1 saturated heterocycles. The summed E-state index contributed by atoms with van der Waals surface area (Å²) in [6, 6.07) is 6.11. The topological polar surface area (TPSA) is 90.3 Å². The van der Waals surface area contributed by atoms with E-state index < -0.39 is 0 Å². The van der Waals surface area contributed by atoms with E-state index in [0.717, 1.165) is 31.5 Å². The number of hydrogen-bond acceptors (Lipinski definition) is 6. The van der Waals surface area contributed by atoms with Crippen LogP contribution in [0.3, 0.4) is 0 Å². The number of rotatable bonds is 7. The number of carbonyl (C=O) groups excluding carboxylic acids is 1. The van der Waals surface area contributed by atoms with Gasteiger partial charge in [0, 0.05) is 12.0 Å². The van der Waals surface area contributed by atoms with Gasteiger partial charge in [0.25, 0.3) is 5.91 Å². The molecule has 8 heteroatoms. The van der Waals surface area contributed by atoms with Gasteiger partial charge < -0.3 is 20.1 Å². The normalized spacial score (nSPS) is 15.3. The smallest absolute Gasteiger partial charge is 0.273 e. The summed E-state index contributed by atoms with van der Waals surface area (Å²) in [5, 5.41) is 14.5. The summed E-state index contributed by atoms with van der Waals surface area (Å²) in [6.07, 6.45) is 3.74. The van der Waals surface area contributed by atoms with Gasteiger partial charge in [-0.05, 0) is 43.6 Å². The van der Waals surface area contributed by atoms with Gasteiger partial charge in [-0.2, -0.15) is 0 Å². The zero-order chi connectivity index (χ0) is 20.1. The van der Waals surface area contributed by atoms with Crippen LogP contribution < -0.4 is 20.1 Å². The average Bonchev–Trinajstić information content (AvgIpc) is 3.22. The van der Waals surface area contributed by atoms with E-state index in [1.54, 1.807) is 20.4 Å². The first-order chi connectivity index (χ1) is 13.4. The number of nitrogens with zero attached hydrogens (tertiary/aromatic N) is 3. The number of carbonyl (C=O) groups is 1. The number of benzene rings is 1. The molecule has 0 aliphatic carbocycles. The second-order valence-corrected chi connectivity index (χ2v) is 7.70. The molecule has 0 saturated carbocycles. The van der Waals surface area contributed by atoms with E-state index in [-0.39, 0.29) is 11.3 Å². The number of amides is 1. The Hall–Kier alpha value is -2.61. The zero-order valence-electron chi connectivity index (χ0n) is 17.0. The summed E-state index contributed by atoms with van der Waals surface area (Å²) in [7, 11) is 3.22. The molecule has 0 atom stereocenters. The molecule has 1 aromatic heterocycles. The molecule has 2 heterocycles. The Morgan fingerprint density at radius 2 is 1.96 bits per heavy atom. The van der Waals surface area contributed by atoms with E-state index in [4.69, 9.17) is 9.47 Å². The summed E-state index contributed by atoms with van der Waals surface area (Å²) >= 11 is 0. The van der Waals surface area contributed by atoms with Gasteiger partial charge in [0.1, 0.15) is 0 Å². The first-order valence-corrected chi connectivity index (χ1v) is 9.58. The highest BCUT2D eigenvalue weighted by atomic mass is 16.5. The Balaban J connectivity index is 1.64. The van der Waals surface area contributed by atoms with E-state index in [9.17, 15) is 4.79 Å². The molecule has 0 bridgehead atoms. The number of aromatic nitrogens is 3. The Morgan fingerprint density at radius 1 is 1.25 bits per heavy atom. The van der Waals surface area contributed by atoms with Gasteiger partial charge in [-0.25, -0.2) is 4.68 Å². The van der Waals surface area contributed by atoms with Crippen LogP contribution in [0.25, 0.3) is 0 Å². The van der Waals surface area contributed by atoms with Crippen LogP contribution in [0.1, 0.15) is 48.8 Å². The third kappa shape index (κ3) is 4.44. The first-order valence-electron chi connectivity index (χ1n) is 9.58. The lowest BCUT2D eigenvalue weighted by molar-refractivity contribution is 0.0940. The molecule has 1 aliphatic rings. The maximum absolute atomic E-state index is 12.6. The van der Waals surface area contributed by atoms with Crippen molar-refractivity contribution in [2.24, 2.45) is 0 Å². The van der Waals surface area contributed by atoms with Crippen LogP contribution in [0.2, 0.25) is 0 Å². The van der Waals surface area contributed by atoms with Gasteiger partial charge in [-0.3, -0.25) is 4.79 Å². The molecular formula is C20H29N5O3. The molecular weight excluding hydrogens is 358 g/mol. The lowest BCUT2D eigenvalue weighted by Crippen LogP contribution is -2.36. The molecule has 1 fully saturated rings. The third-order valence-electron chi connectivity index (χ3n) is 5.28. The predicted octanol–water partition coefficient (Wildman–Crippen LogP) is 1.93. The number of methoxy groups -OCH3 is 2. The van der Waals surface area contributed by atoms with Crippen LogP contribution in [0.5, 0.6) is 11.5 Å². The Bertz CT molecular complexity index is 812. The second kappa shape index (κ2) is 8.60. The number of hydrogen-bond donors (Lipinski definition) is 2. The van der Waals surface area contributed by atoms with Gasteiger partial charge in [-0.1, -0.05) is 25.1 Å². The number of ether oxygens (including phenoxy) is 2. The quantitative estimate of drug-likeness (QED) is 0.754. The minimum absolute atomic E-state index is 0.214. The predicted molar refractivity (Wildman–Crippen MR) is 106 cm³/mol. The number of piperidine rings is 1. The zero-order valence-corrected chi connectivity index (χ0v) is 17.0. The second-order valence-electron chi connectivity index (χ2n) is 7.70. The molecule has 2 aromatic rings. The highest BCUT2D eigenvalue weighted by molar-refractivity contribution is 5.91. The van der Waals surface area contributed by atoms with Crippen molar-refractivity contribution in [1.82, 2.24) is 25.6 Å². The van der Waals surface area contributed by atoms with Crippen molar-refractivity contribution >= 4 is 5.91 Å². The third-order valence-corrected chi connectivity index (χ3v) is 5.28. The van der Waals surface area contributed by atoms with Crippen molar-refractivity contribution < 1.29 is 14.3 Å². The van der Waals surface area contributed by atoms with E-state index in [1.807, 2.05) is 22.9 Å². The molecule has 0 spiro atoms. The molecule has 2 N–H and O–H groups in total. The van der Waals surface area contributed by atoms with Crippen LogP contribution in [0.15, 0.2) is 24.4 Å². The fraction of sp³-hybridized carbons (Fsp3) is 0.550. The molecule has 1 aromatic carbocycles. The largest absolute Gasteiger partial charge is 0.493 e. The first kappa shape index (κ1) is 20.1. The van der Waals surface area contributed by atoms with Crippen molar-refractivity contribution in [2.45, 2.75) is 38.1 Å². The van der Waals surface area contributed by atoms with Crippen LogP contribution in [-0.2, 0) is 5.41 Å². The van der Waals surface area contributed by atoms with E-state index in [0.29, 0.717) is 29.8 Å². The van der Waals surface area contributed by atoms with Crippen molar-refractivity contribution in [3.63, 3.8) is 0 Å². The Kier molecular flexibility index (Phi) is 6.18. The molecule has 0 radical (unpaired) electrons. The summed E-state index contributed by atoms with van der Waals surface area (Å²) < 4.78 is 12.5. The minimum Gasteiger partial charge on any atom is -0.493 e. The van der Waals surface area contributed by atoms with Gasteiger partial charge in [-0.15, -0.1) is 5.10 Å². The molecule has 0 unspecified atom stereocenters. The SMILES string of the molecule is COc1ccc(C(C)(C)CNC(=O)c2cn(C3CCNCC3)nn2)cc1OC. The lowest BCUT2D eigenvalue weighted by Gasteiger charge is -2.26. The maximum Gasteiger partial charge on any atom is 0.273 e. The highest BCUT2D eigenvalue weighted by Crippen LogP contribution is 2.32. The van der Waals surface area contributed by atoms with Crippen molar-refractivity contribution in [3.8, 4) is 11.5 Å². The Morgan fingerprint density at radius 3 is 2.64 bits per heavy atom. The lowest BCUT2D eigenvalue weighted by atomic mass is 9.84. The summed E-state index contributed by atoms with van der Waals surface area (Å²) in [5.41, 5.74) is 1.10. The standard InChI is InChI=1S/C20H29N5O3/c1-20(2,14-5-6-17(27-3)18(11-14)28-4)13-22-19(26)16-12-25(24-23-16)15-7-9-21-10-8-15/h5-6,11-12,15,21H,7-10,13H2,1-4H3,(H,22,26). The molecule has 1 aliphatic heterocycles. The van der Waals surface area contributed by atoms with Crippen LogP contribution in [0, 0.1) is 0 Å². The number of nitrogens with one attached hydrogen (secondary N) is 2. The molecule has 3 rings (SSSR count). The molecule has 28 heavy (non-hydrogen) atoms. The summed E-state index contributed by atoms with van der Waals surface area (Å²) in [6.45, 7) is 6.53. The Labute approximate surface area is 165 Å². The van der Waals surface area contributed by atoms with E-state index in [1.165, 1.54) is 0 Å². The van der Waals surface area contributed by atoms with Crippen molar-refractivity contribution in [1.29, 1.82) is 0 Å². The van der Waals surface area contributed by atoms with Gasteiger partial charge >= 0.3 is 0 Å². The molecule has 1 amide bonds. The average molecular weight is 387 g/mol.